The van der Waals surface area contributed by atoms with Crippen LogP contribution in [0.3, 0.4) is 0 Å². The Morgan fingerprint density at radius 1 is 1.07 bits per heavy atom. The number of carbonyl (C=O) groups excluding carboxylic acids is 1. The molecule has 5 heteroatoms. The smallest absolute Gasteiger partial charge is 0.254 e. The van der Waals surface area contributed by atoms with Crippen LogP contribution in [-0.4, -0.2) is 33.1 Å². The molecule has 3 aromatic rings. The van der Waals surface area contributed by atoms with Crippen molar-refractivity contribution < 1.29 is 9.53 Å². The lowest BCUT2D eigenvalue weighted by molar-refractivity contribution is 0.0642. The first kappa shape index (κ1) is 18.9. The summed E-state index contributed by atoms with van der Waals surface area (Å²) in [5, 5.41) is 7.26. The van der Waals surface area contributed by atoms with Crippen LogP contribution in [0.5, 0.6) is 5.75 Å². The van der Waals surface area contributed by atoms with Crippen molar-refractivity contribution in [2.45, 2.75) is 57.2 Å². The lowest BCUT2D eigenvalue weighted by atomic mass is 9.92. The van der Waals surface area contributed by atoms with Gasteiger partial charge in [0.2, 0.25) is 0 Å². The first-order valence-electron chi connectivity index (χ1n) is 10.8. The minimum atomic E-state index is -0.0397. The van der Waals surface area contributed by atoms with Gasteiger partial charge in [0, 0.05) is 23.3 Å². The van der Waals surface area contributed by atoms with Gasteiger partial charge in [0.15, 0.2) is 0 Å². The van der Waals surface area contributed by atoms with Gasteiger partial charge in [-0.15, -0.1) is 0 Å². The maximum Gasteiger partial charge on any atom is 0.254 e. The Balaban J connectivity index is 1.29. The summed E-state index contributed by atoms with van der Waals surface area (Å²) in [5.74, 6) is 0.915. The Kier molecular flexibility index (Phi) is 5.03. The van der Waals surface area contributed by atoms with Gasteiger partial charge >= 0.3 is 0 Å². The Morgan fingerprint density at radius 3 is 2.57 bits per heavy atom. The topological polar surface area (TPSA) is 58.2 Å². The van der Waals surface area contributed by atoms with E-state index in [1.165, 1.54) is 11.3 Å². The summed E-state index contributed by atoms with van der Waals surface area (Å²) in [5.41, 5.74) is 4.35. The number of rotatable bonds is 6. The first-order valence-corrected chi connectivity index (χ1v) is 10.8. The van der Waals surface area contributed by atoms with Crippen LogP contribution in [0.25, 0.3) is 0 Å². The van der Waals surface area contributed by atoms with Crippen molar-refractivity contribution in [2.75, 3.05) is 0 Å². The molecule has 2 atom stereocenters. The molecule has 2 aromatic carbocycles. The van der Waals surface area contributed by atoms with E-state index in [-0.39, 0.29) is 18.1 Å². The van der Waals surface area contributed by atoms with E-state index in [2.05, 4.69) is 27.2 Å². The van der Waals surface area contributed by atoms with Crippen LogP contribution in [0.15, 0.2) is 60.8 Å². The normalized spacial score (nSPS) is 19.0. The number of amides is 1. The standard InChI is InChI=1S/C25H27N3O2/c1-17(18-5-3-2-4-6-18)30-23-12-7-19(8-13-23)25(29)28(21-9-10-21)22-11-14-24-20(15-22)16-26-27-24/h2-8,12-13,16-17,21-22H,9-11,14-15H2,1H3,(H,26,27)/t17-,22?/m0/s1. The molecule has 0 aliphatic heterocycles. The number of carbonyl (C=O) groups is 1. The third-order valence-electron chi connectivity index (χ3n) is 6.24. The number of ether oxygens (including phenoxy) is 1. The highest BCUT2D eigenvalue weighted by atomic mass is 16.5. The molecule has 5 nitrogen and oxygen atoms in total. The number of hydrogen-bond acceptors (Lipinski definition) is 3. The number of aryl methyl sites for hydroxylation is 1. The molecule has 30 heavy (non-hydrogen) atoms. The monoisotopic (exact) mass is 401 g/mol. The molecule has 0 spiro atoms. The summed E-state index contributed by atoms with van der Waals surface area (Å²) in [7, 11) is 0. The number of fused-ring (bicyclic) bond motifs is 1. The lowest BCUT2D eigenvalue weighted by Crippen LogP contribution is -2.44. The van der Waals surface area contributed by atoms with E-state index in [0.717, 1.165) is 49.0 Å². The molecular weight excluding hydrogens is 374 g/mol. The summed E-state index contributed by atoms with van der Waals surface area (Å²) in [6.07, 6.45) is 6.93. The predicted molar refractivity (Wildman–Crippen MR) is 116 cm³/mol. The molecule has 1 N–H and O–H groups in total. The van der Waals surface area contributed by atoms with Gasteiger partial charge in [-0.1, -0.05) is 30.3 Å². The number of benzene rings is 2. The number of aromatic amines is 1. The van der Waals surface area contributed by atoms with Gasteiger partial charge < -0.3 is 9.64 Å². The van der Waals surface area contributed by atoms with Gasteiger partial charge in [-0.25, -0.2) is 0 Å². The molecule has 1 fully saturated rings. The number of aromatic nitrogens is 2. The third kappa shape index (κ3) is 3.84. The maximum absolute atomic E-state index is 13.4. The minimum Gasteiger partial charge on any atom is -0.486 e. The third-order valence-corrected chi connectivity index (χ3v) is 6.24. The fraction of sp³-hybridized carbons (Fsp3) is 0.360. The number of nitrogens with zero attached hydrogens (tertiary/aromatic N) is 2. The zero-order valence-corrected chi connectivity index (χ0v) is 17.3. The molecule has 1 unspecified atom stereocenters. The second kappa shape index (κ2) is 7.98. The summed E-state index contributed by atoms with van der Waals surface area (Å²) in [4.78, 5) is 15.5. The van der Waals surface area contributed by atoms with Crippen molar-refractivity contribution in [2.24, 2.45) is 0 Å². The lowest BCUT2D eigenvalue weighted by Gasteiger charge is -2.34. The zero-order valence-electron chi connectivity index (χ0n) is 17.3. The van der Waals surface area contributed by atoms with Crippen LogP contribution in [0, 0.1) is 0 Å². The van der Waals surface area contributed by atoms with Gasteiger partial charge in [0.1, 0.15) is 11.9 Å². The molecule has 2 aliphatic carbocycles. The van der Waals surface area contributed by atoms with E-state index in [1.807, 2.05) is 55.6 Å². The molecule has 2 aliphatic rings. The van der Waals surface area contributed by atoms with Crippen LogP contribution in [0.2, 0.25) is 0 Å². The van der Waals surface area contributed by atoms with Crippen LogP contribution < -0.4 is 4.74 Å². The molecule has 0 bridgehead atoms. The van der Waals surface area contributed by atoms with Gasteiger partial charge in [-0.05, 0) is 74.4 Å². The SMILES string of the molecule is C[C@H](Oc1ccc(C(=O)N(C2CC2)C2CCc3[nH]ncc3C2)cc1)c1ccccc1. The molecule has 1 amide bonds. The summed E-state index contributed by atoms with van der Waals surface area (Å²) in [6.45, 7) is 2.04. The first-order chi connectivity index (χ1) is 14.7. The van der Waals surface area contributed by atoms with E-state index in [9.17, 15) is 4.79 Å². The number of hydrogen-bond donors (Lipinski definition) is 1. The van der Waals surface area contributed by atoms with E-state index >= 15 is 0 Å². The summed E-state index contributed by atoms with van der Waals surface area (Å²) < 4.78 is 6.07. The van der Waals surface area contributed by atoms with E-state index < -0.39 is 0 Å². The van der Waals surface area contributed by atoms with Crippen molar-refractivity contribution in [1.82, 2.24) is 15.1 Å². The average molecular weight is 402 g/mol. The van der Waals surface area contributed by atoms with E-state index in [0.29, 0.717) is 6.04 Å². The molecule has 0 saturated heterocycles. The highest BCUT2D eigenvalue weighted by Gasteiger charge is 2.39. The highest BCUT2D eigenvalue weighted by molar-refractivity contribution is 5.95. The Morgan fingerprint density at radius 2 is 1.83 bits per heavy atom. The van der Waals surface area contributed by atoms with E-state index in [1.54, 1.807) is 0 Å². The number of H-pyrrole nitrogens is 1. The Labute approximate surface area is 177 Å². The molecule has 0 radical (unpaired) electrons. The van der Waals surface area contributed by atoms with Gasteiger partial charge in [0.25, 0.3) is 5.91 Å². The van der Waals surface area contributed by atoms with Crippen molar-refractivity contribution >= 4 is 5.91 Å². The van der Waals surface area contributed by atoms with Crippen molar-refractivity contribution in [3.05, 3.63) is 83.2 Å². The van der Waals surface area contributed by atoms with Crippen molar-refractivity contribution in [1.29, 1.82) is 0 Å². The fourth-order valence-electron chi connectivity index (χ4n) is 4.44. The molecular formula is C25H27N3O2. The molecule has 1 heterocycles. The minimum absolute atomic E-state index is 0.0397. The average Bonchev–Trinajstić information content (AvgIpc) is 3.50. The zero-order chi connectivity index (χ0) is 20.5. The Hall–Kier alpha value is -3.08. The van der Waals surface area contributed by atoms with Gasteiger partial charge in [-0.3, -0.25) is 9.89 Å². The fourth-order valence-corrected chi connectivity index (χ4v) is 4.44. The Bertz CT molecular complexity index is 1010. The number of nitrogens with one attached hydrogen (secondary N) is 1. The van der Waals surface area contributed by atoms with Crippen LogP contribution in [0.4, 0.5) is 0 Å². The van der Waals surface area contributed by atoms with Gasteiger partial charge in [0.05, 0.1) is 6.20 Å². The molecule has 1 saturated carbocycles. The second-order valence-electron chi connectivity index (χ2n) is 8.41. The summed E-state index contributed by atoms with van der Waals surface area (Å²) >= 11 is 0. The highest BCUT2D eigenvalue weighted by Crippen LogP contribution is 2.35. The predicted octanol–water partition coefficient (Wildman–Crippen LogP) is 4.71. The maximum atomic E-state index is 13.4. The van der Waals surface area contributed by atoms with Crippen LogP contribution in [-0.2, 0) is 12.8 Å². The second-order valence-corrected chi connectivity index (χ2v) is 8.41. The largest absolute Gasteiger partial charge is 0.486 e. The van der Waals surface area contributed by atoms with E-state index in [4.69, 9.17) is 4.74 Å². The molecule has 1 aromatic heterocycles. The van der Waals surface area contributed by atoms with Crippen LogP contribution in [0.1, 0.15) is 59.5 Å². The van der Waals surface area contributed by atoms with Gasteiger partial charge in [-0.2, -0.15) is 5.10 Å². The quantitative estimate of drug-likeness (QED) is 0.651. The van der Waals surface area contributed by atoms with Crippen molar-refractivity contribution in [3.63, 3.8) is 0 Å². The molecule has 5 rings (SSSR count). The molecule has 154 valence electrons. The summed E-state index contributed by atoms with van der Waals surface area (Å²) in [6, 6.07) is 18.4. The van der Waals surface area contributed by atoms with Crippen LogP contribution >= 0.6 is 0 Å². The van der Waals surface area contributed by atoms with Crippen molar-refractivity contribution in [3.8, 4) is 5.75 Å².